The molecule has 1 N–H and O–H groups in total. The van der Waals surface area contributed by atoms with Crippen molar-refractivity contribution >= 4 is 17.7 Å². The number of carbonyl (C=O) groups excluding carboxylic acids is 1. The summed E-state index contributed by atoms with van der Waals surface area (Å²) in [4.78, 5) is 32.9. The molecular weight excluding hydrogens is 334 g/mol. The van der Waals surface area contributed by atoms with Crippen molar-refractivity contribution in [1.82, 2.24) is 9.88 Å². The second-order valence-electron chi connectivity index (χ2n) is 7.58. The summed E-state index contributed by atoms with van der Waals surface area (Å²) in [6.45, 7) is 3.68. The third-order valence-corrected chi connectivity index (χ3v) is 6.03. The van der Waals surface area contributed by atoms with E-state index < -0.39 is 5.97 Å². The molecule has 0 aliphatic carbocycles. The highest BCUT2D eigenvalue weighted by Gasteiger charge is 2.50. The van der Waals surface area contributed by atoms with Crippen LogP contribution in [0.25, 0.3) is 0 Å². The van der Waals surface area contributed by atoms with Crippen LogP contribution in [0.4, 0.5) is 5.82 Å². The van der Waals surface area contributed by atoms with Gasteiger partial charge in [-0.05, 0) is 44.2 Å². The zero-order valence-electron chi connectivity index (χ0n) is 14.9. The van der Waals surface area contributed by atoms with Crippen molar-refractivity contribution < 1.29 is 19.4 Å². The molecule has 3 saturated heterocycles. The number of carboxylic acid groups (broad SMARTS) is 1. The number of pyridine rings is 1. The second kappa shape index (κ2) is 6.87. The van der Waals surface area contributed by atoms with Gasteiger partial charge in [0, 0.05) is 38.9 Å². The summed E-state index contributed by atoms with van der Waals surface area (Å²) in [6.07, 6.45) is 4.59. The molecule has 7 nitrogen and oxygen atoms in total. The molecule has 3 aliphatic rings. The van der Waals surface area contributed by atoms with Crippen LogP contribution < -0.4 is 4.90 Å². The quantitative estimate of drug-likeness (QED) is 0.886. The lowest BCUT2D eigenvalue weighted by Crippen LogP contribution is -2.54. The number of carboxylic acids is 1. The number of rotatable bonds is 3. The van der Waals surface area contributed by atoms with Gasteiger partial charge in [-0.1, -0.05) is 6.07 Å². The minimum Gasteiger partial charge on any atom is -0.477 e. The van der Waals surface area contributed by atoms with Gasteiger partial charge in [0.05, 0.1) is 5.41 Å². The SMILES string of the molecule is O=C(O)c1cccc(N2CC[C@]3(CCCN(C4CCOCC4)C3=O)C2)n1. The predicted octanol–water partition coefficient (Wildman–Crippen LogP) is 1.78. The minimum absolute atomic E-state index is 0.0438. The Morgan fingerprint density at radius 1 is 1.23 bits per heavy atom. The number of aromatic carboxylic acids is 1. The first kappa shape index (κ1) is 17.3. The lowest BCUT2D eigenvalue weighted by Gasteiger charge is -2.44. The van der Waals surface area contributed by atoms with Crippen LogP contribution >= 0.6 is 0 Å². The van der Waals surface area contributed by atoms with Gasteiger partial charge < -0.3 is 19.6 Å². The van der Waals surface area contributed by atoms with E-state index in [1.807, 2.05) is 6.07 Å². The van der Waals surface area contributed by atoms with E-state index >= 15 is 0 Å². The number of piperidine rings is 1. The molecule has 1 aromatic rings. The van der Waals surface area contributed by atoms with E-state index in [1.54, 1.807) is 6.07 Å². The fourth-order valence-corrected chi connectivity index (χ4v) is 4.61. The van der Waals surface area contributed by atoms with Gasteiger partial charge in [-0.3, -0.25) is 4.79 Å². The third-order valence-electron chi connectivity index (χ3n) is 6.03. The van der Waals surface area contributed by atoms with Crippen LogP contribution in [0, 0.1) is 5.41 Å². The van der Waals surface area contributed by atoms with Crippen molar-refractivity contribution in [2.45, 2.75) is 38.1 Å². The van der Waals surface area contributed by atoms with E-state index in [2.05, 4.69) is 14.8 Å². The Morgan fingerprint density at radius 2 is 2.04 bits per heavy atom. The Hall–Kier alpha value is -2.15. The molecule has 1 spiro atoms. The number of nitrogens with zero attached hydrogens (tertiary/aromatic N) is 3. The molecule has 0 radical (unpaired) electrons. The van der Waals surface area contributed by atoms with Crippen LogP contribution in [0.5, 0.6) is 0 Å². The van der Waals surface area contributed by atoms with Crippen LogP contribution in [0.15, 0.2) is 18.2 Å². The molecule has 1 aromatic heterocycles. The average molecular weight is 359 g/mol. The molecular formula is C19H25N3O4. The fraction of sp³-hybridized carbons (Fsp3) is 0.632. The second-order valence-corrected chi connectivity index (χ2v) is 7.58. The van der Waals surface area contributed by atoms with E-state index in [4.69, 9.17) is 9.84 Å². The Balaban J connectivity index is 1.51. The monoisotopic (exact) mass is 359 g/mol. The van der Waals surface area contributed by atoms with E-state index in [1.165, 1.54) is 6.07 Å². The normalized spacial score (nSPS) is 27.3. The first-order chi connectivity index (χ1) is 12.6. The van der Waals surface area contributed by atoms with Gasteiger partial charge in [0.2, 0.25) is 5.91 Å². The summed E-state index contributed by atoms with van der Waals surface area (Å²) in [6, 6.07) is 5.34. The van der Waals surface area contributed by atoms with Crippen LogP contribution in [-0.2, 0) is 9.53 Å². The van der Waals surface area contributed by atoms with E-state index in [0.717, 1.165) is 58.4 Å². The van der Waals surface area contributed by atoms with Crippen molar-refractivity contribution in [3.05, 3.63) is 23.9 Å². The van der Waals surface area contributed by atoms with Crippen molar-refractivity contribution in [2.24, 2.45) is 5.41 Å². The van der Waals surface area contributed by atoms with Crippen molar-refractivity contribution in [1.29, 1.82) is 0 Å². The molecule has 4 heterocycles. The average Bonchev–Trinajstić information content (AvgIpc) is 3.10. The van der Waals surface area contributed by atoms with Crippen LogP contribution in [0.1, 0.15) is 42.6 Å². The van der Waals surface area contributed by atoms with Gasteiger partial charge in [-0.15, -0.1) is 0 Å². The lowest BCUT2D eigenvalue weighted by molar-refractivity contribution is -0.149. The largest absolute Gasteiger partial charge is 0.477 e. The van der Waals surface area contributed by atoms with Gasteiger partial charge in [0.15, 0.2) is 5.69 Å². The molecule has 4 rings (SSSR count). The van der Waals surface area contributed by atoms with Gasteiger partial charge in [0.25, 0.3) is 0 Å². The Morgan fingerprint density at radius 3 is 2.81 bits per heavy atom. The van der Waals surface area contributed by atoms with Gasteiger partial charge in [-0.2, -0.15) is 0 Å². The third kappa shape index (κ3) is 3.05. The highest BCUT2D eigenvalue weighted by molar-refractivity contribution is 5.86. The summed E-state index contributed by atoms with van der Waals surface area (Å²) in [7, 11) is 0. The number of aromatic nitrogens is 1. The maximum atomic E-state index is 13.3. The number of hydrogen-bond donors (Lipinski definition) is 1. The number of amides is 1. The zero-order valence-corrected chi connectivity index (χ0v) is 14.9. The number of anilines is 1. The summed E-state index contributed by atoms with van der Waals surface area (Å²) in [5.41, 5.74) is -0.306. The summed E-state index contributed by atoms with van der Waals surface area (Å²) in [5, 5.41) is 9.16. The maximum Gasteiger partial charge on any atom is 0.354 e. The molecule has 26 heavy (non-hydrogen) atoms. The molecule has 0 saturated carbocycles. The first-order valence-corrected chi connectivity index (χ1v) is 9.43. The fourth-order valence-electron chi connectivity index (χ4n) is 4.61. The summed E-state index contributed by atoms with van der Waals surface area (Å²) in [5.74, 6) is -0.106. The molecule has 140 valence electrons. The Labute approximate surface area is 152 Å². The number of ether oxygens (including phenoxy) is 1. The smallest absolute Gasteiger partial charge is 0.354 e. The van der Waals surface area contributed by atoms with E-state index in [9.17, 15) is 9.59 Å². The van der Waals surface area contributed by atoms with Gasteiger partial charge in [-0.25, -0.2) is 9.78 Å². The van der Waals surface area contributed by atoms with Crippen molar-refractivity contribution in [3.8, 4) is 0 Å². The van der Waals surface area contributed by atoms with Gasteiger partial charge in [0.1, 0.15) is 5.82 Å². The molecule has 0 unspecified atom stereocenters. The van der Waals surface area contributed by atoms with Gasteiger partial charge >= 0.3 is 5.97 Å². The highest BCUT2D eigenvalue weighted by atomic mass is 16.5. The zero-order chi connectivity index (χ0) is 18.1. The summed E-state index contributed by atoms with van der Waals surface area (Å²) < 4.78 is 5.45. The number of hydrogen-bond acceptors (Lipinski definition) is 5. The van der Waals surface area contributed by atoms with Crippen molar-refractivity contribution in [2.75, 3.05) is 37.7 Å². The lowest BCUT2D eigenvalue weighted by atomic mass is 9.77. The summed E-state index contributed by atoms with van der Waals surface area (Å²) >= 11 is 0. The molecule has 3 aliphatic heterocycles. The highest BCUT2D eigenvalue weighted by Crippen LogP contribution is 2.42. The van der Waals surface area contributed by atoms with Crippen LogP contribution in [0.2, 0.25) is 0 Å². The molecule has 1 amide bonds. The Bertz CT molecular complexity index is 704. The topological polar surface area (TPSA) is 83.0 Å². The molecule has 1 atom stereocenters. The van der Waals surface area contributed by atoms with Crippen molar-refractivity contribution in [3.63, 3.8) is 0 Å². The number of likely N-dealkylation sites (tertiary alicyclic amines) is 1. The molecule has 3 fully saturated rings. The Kier molecular flexibility index (Phi) is 4.56. The standard InChI is InChI=1S/C19H25N3O4/c23-17(24)15-3-1-4-16(20-15)21-10-8-19(13-21)7-2-9-22(18(19)25)14-5-11-26-12-6-14/h1,3-4,14H,2,5-13H2,(H,23,24)/t19-/m1/s1. The molecule has 0 bridgehead atoms. The van der Waals surface area contributed by atoms with E-state index in [-0.39, 0.29) is 17.0 Å². The predicted molar refractivity (Wildman–Crippen MR) is 95.2 cm³/mol. The van der Waals surface area contributed by atoms with E-state index in [0.29, 0.717) is 18.4 Å². The van der Waals surface area contributed by atoms with Crippen LogP contribution in [-0.4, -0.2) is 65.8 Å². The minimum atomic E-state index is -1.03. The van der Waals surface area contributed by atoms with Crippen LogP contribution in [0.3, 0.4) is 0 Å². The first-order valence-electron chi connectivity index (χ1n) is 9.43. The molecule has 0 aromatic carbocycles. The number of carbonyl (C=O) groups is 2. The molecule has 7 heteroatoms. The maximum absolute atomic E-state index is 13.3.